The van der Waals surface area contributed by atoms with Crippen LogP contribution in [-0.4, -0.2) is 39.9 Å². The molecule has 3 aromatic rings. The van der Waals surface area contributed by atoms with Gasteiger partial charge in [0, 0.05) is 12.0 Å². The van der Waals surface area contributed by atoms with Crippen molar-refractivity contribution in [3.8, 4) is 11.5 Å². The number of carbonyl (C=O) groups excluding carboxylic acids is 1. The highest BCUT2D eigenvalue weighted by Gasteiger charge is 2.15. The number of hydrogen-bond acceptors (Lipinski definition) is 7. The first-order valence-electron chi connectivity index (χ1n) is 7.90. The molecule has 0 spiro atoms. The van der Waals surface area contributed by atoms with Gasteiger partial charge in [-0.3, -0.25) is 10.1 Å². The van der Waals surface area contributed by atoms with E-state index in [-0.39, 0.29) is 5.91 Å². The maximum atomic E-state index is 12.5. The number of hydrogen-bond donors (Lipinski definition) is 1. The number of ether oxygens (including phenoxy) is 2. The fourth-order valence-electron chi connectivity index (χ4n) is 2.35. The zero-order valence-corrected chi connectivity index (χ0v) is 15.1. The monoisotopic (exact) mass is 361 g/mol. The van der Waals surface area contributed by atoms with Gasteiger partial charge >= 0.3 is 0 Å². The SMILES string of the molecule is CCCCc1nnc2sc(NC(=O)c3ccc(OC)c(OC)c3)nn12. The zero-order valence-electron chi connectivity index (χ0n) is 14.3. The number of aryl methyl sites for hydroxylation is 1. The maximum Gasteiger partial charge on any atom is 0.257 e. The number of methoxy groups -OCH3 is 2. The van der Waals surface area contributed by atoms with Crippen LogP contribution in [-0.2, 0) is 6.42 Å². The molecule has 1 aromatic carbocycles. The molecule has 1 N–H and O–H groups in total. The van der Waals surface area contributed by atoms with Gasteiger partial charge in [0.2, 0.25) is 10.1 Å². The fourth-order valence-corrected chi connectivity index (χ4v) is 3.10. The molecule has 0 saturated carbocycles. The Bertz CT molecular complexity index is 889. The van der Waals surface area contributed by atoms with Crippen LogP contribution in [0.4, 0.5) is 5.13 Å². The molecule has 0 aliphatic rings. The van der Waals surface area contributed by atoms with Crippen LogP contribution in [0.3, 0.4) is 0 Å². The van der Waals surface area contributed by atoms with Gasteiger partial charge in [-0.1, -0.05) is 24.7 Å². The third-order valence-electron chi connectivity index (χ3n) is 3.68. The second-order valence-electron chi connectivity index (χ2n) is 5.35. The summed E-state index contributed by atoms with van der Waals surface area (Å²) in [6.45, 7) is 2.12. The van der Waals surface area contributed by atoms with Crippen LogP contribution < -0.4 is 14.8 Å². The summed E-state index contributed by atoms with van der Waals surface area (Å²) in [6.07, 6.45) is 2.90. The average molecular weight is 361 g/mol. The molecule has 3 rings (SSSR count). The summed E-state index contributed by atoms with van der Waals surface area (Å²) in [5, 5.41) is 15.9. The van der Waals surface area contributed by atoms with Crippen molar-refractivity contribution < 1.29 is 14.3 Å². The summed E-state index contributed by atoms with van der Waals surface area (Å²) in [6, 6.07) is 4.99. The van der Waals surface area contributed by atoms with E-state index in [9.17, 15) is 4.79 Å². The number of aromatic nitrogens is 4. The summed E-state index contributed by atoms with van der Waals surface area (Å²) in [5.74, 6) is 1.59. The Kier molecular flexibility index (Phi) is 5.13. The summed E-state index contributed by atoms with van der Waals surface area (Å²) < 4.78 is 12.1. The van der Waals surface area contributed by atoms with E-state index in [2.05, 4.69) is 27.5 Å². The number of carbonyl (C=O) groups is 1. The van der Waals surface area contributed by atoms with Gasteiger partial charge in [-0.25, -0.2) is 0 Å². The van der Waals surface area contributed by atoms with E-state index < -0.39 is 0 Å². The molecule has 9 heteroatoms. The standard InChI is InChI=1S/C16H19N5O3S/c1-4-5-6-13-18-19-16-21(13)20-15(25-16)17-14(22)10-7-8-11(23-2)12(9-10)24-3/h7-9H,4-6H2,1-3H3,(H,17,20,22). The Labute approximate surface area is 148 Å². The third-order valence-corrected chi connectivity index (χ3v) is 4.49. The number of fused-ring (bicyclic) bond motifs is 1. The average Bonchev–Trinajstić information content (AvgIpc) is 3.19. The Morgan fingerprint density at radius 2 is 2.04 bits per heavy atom. The topological polar surface area (TPSA) is 90.6 Å². The van der Waals surface area contributed by atoms with Gasteiger partial charge in [-0.15, -0.1) is 15.3 Å². The summed E-state index contributed by atoms with van der Waals surface area (Å²) in [7, 11) is 3.08. The molecule has 8 nitrogen and oxygen atoms in total. The van der Waals surface area contributed by atoms with E-state index >= 15 is 0 Å². The van der Waals surface area contributed by atoms with Gasteiger partial charge in [0.1, 0.15) is 0 Å². The van der Waals surface area contributed by atoms with E-state index in [0.29, 0.717) is 27.2 Å². The molecule has 0 saturated heterocycles. The van der Waals surface area contributed by atoms with E-state index in [1.54, 1.807) is 29.8 Å². The molecule has 0 bridgehead atoms. The first kappa shape index (κ1) is 17.2. The minimum atomic E-state index is -0.277. The molecular formula is C16H19N5O3S. The minimum Gasteiger partial charge on any atom is -0.493 e. The van der Waals surface area contributed by atoms with E-state index in [0.717, 1.165) is 25.1 Å². The lowest BCUT2D eigenvalue weighted by molar-refractivity contribution is 0.102. The van der Waals surface area contributed by atoms with Crippen molar-refractivity contribution in [2.45, 2.75) is 26.2 Å². The van der Waals surface area contributed by atoms with Gasteiger partial charge in [-0.2, -0.15) is 4.52 Å². The summed E-state index contributed by atoms with van der Waals surface area (Å²) in [5.41, 5.74) is 0.454. The van der Waals surface area contributed by atoms with Crippen LogP contribution in [0, 0.1) is 0 Å². The second kappa shape index (κ2) is 7.47. The predicted molar refractivity (Wildman–Crippen MR) is 94.8 cm³/mol. The molecule has 132 valence electrons. The molecule has 0 fully saturated rings. The number of rotatable bonds is 7. The smallest absolute Gasteiger partial charge is 0.257 e. The number of nitrogens with one attached hydrogen (secondary N) is 1. The van der Waals surface area contributed by atoms with Crippen LogP contribution in [0.25, 0.3) is 4.96 Å². The third kappa shape index (κ3) is 3.55. The highest BCUT2D eigenvalue weighted by Crippen LogP contribution is 2.28. The highest BCUT2D eigenvalue weighted by molar-refractivity contribution is 7.20. The lowest BCUT2D eigenvalue weighted by atomic mass is 10.2. The van der Waals surface area contributed by atoms with Crippen LogP contribution in [0.1, 0.15) is 35.9 Å². The molecule has 0 radical (unpaired) electrons. The Balaban J connectivity index is 1.78. The normalized spacial score (nSPS) is 10.8. The first-order chi connectivity index (χ1) is 12.2. The number of nitrogens with zero attached hydrogens (tertiary/aromatic N) is 4. The molecule has 0 aliphatic heterocycles. The molecule has 0 atom stereocenters. The Hall–Kier alpha value is -2.68. The van der Waals surface area contributed by atoms with Gasteiger partial charge in [0.05, 0.1) is 14.2 Å². The number of unbranched alkanes of at least 4 members (excludes halogenated alkanes) is 1. The highest BCUT2D eigenvalue weighted by atomic mass is 32.1. The van der Waals surface area contributed by atoms with E-state index in [4.69, 9.17) is 9.47 Å². The molecule has 25 heavy (non-hydrogen) atoms. The lowest BCUT2D eigenvalue weighted by Gasteiger charge is -2.09. The maximum absolute atomic E-state index is 12.5. The van der Waals surface area contributed by atoms with Gasteiger partial charge in [0.25, 0.3) is 5.91 Å². The van der Waals surface area contributed by atoms with Crippen molar-refractivity contribution in [3.63, 3.8) is 0 Å². The van der Waals surface area contributed by atoms with Gasteiger partial charge in [-0.05, 0) is 24.6 Å². The van der Waals surface area contributed by atoms with Crippen LogP contribution in [0.15, 0.2) is 18.2 Å². The van der Waals surface area contributed by atoms with Crippen molar-refractivity contribution >= 4 is 27.3 Å². The lowest BCUT2D eigenvalue weighted by Crippen LogP contribution is -2.12. The van der Waals surface area contributed by atoms with Crippen LogP contribution >= 0.6 is 11.3 Å². The predicted octanol–water partition coefficient (Wildman–Crippen LogP) is 2.80. The number of benzene rings is 1. The molecule has 2 heterocycles. The fraction of sp³-hybridized carbons (Fsp3) is 0.375. The van der Waals surface area contributed by atoms with Crippen molar-refractivity contribution in [1.29, 1.82) is 0 Å². The number of amides is 1. The molecule has 1 amide bonds. The quantitative estimate of drug-likeness (QED) is 0.696. The van der Waals surface area contributed by atoms with Crippen molar-refractivity contribution in [1.82, 2.24) is 19.8 Å². The van der Waals surface area contributed by atoms with Crippen molar-refractivity contribution in [2.24, 2.45) is 0 Å². The summed E-state index contributed by atoms with van der Waals surface area (Å²) >= 11 is 1.28. The minimum absolute atomic E-state index is 0.277. The van der Waals surface area contributed by atoms with Gasteiger partial charge in [0.15, 0.2) is 17.3 Å². The van der Waals surface area contributed by atoms with Crippen LogP contribution in [0.5, 0.6) is 11.5 Å². The van der Waals surface area contributed by atoms with Crippen LogP contribution in [0.2, 0.25) is 0 Å². The molecular weight excluding hydrogens is 342 g/mol. The Morgan fingerprint density at radius 1 is 1.24 bits per heavy atom. The molecule has 0 unspecified atom stereocenters. The number of anilines is 1. The van der Waals surface area contributed by atoms with Crippen molar-refractivity contribution in [2.75, 3.05) is 19.5 Å². The Morgan fingerprint density at radius 3 is 2.76 bits per heavy atom. The first-order valence-corrected chi connectivity index (χ1v) is 8.72. The van der Waals surface area contributed by atoms with E-state index in [1.807, 2.05) is 0 Å². The second-order valence-corrected chi connectivity index (χ2v) is 6.30. The van der Waals surface area contributed by atoms with Crippen molar-refractivity contribution in [3.05, 3.63) is 29.6 Å². The molecule has 0 aliphatic carbocycles. The largest absolute Gasteiger partial charge is 0.493 e. The van der Waals surface area contributed by atoms with Gasteiger partial charge < -0.3 is 9.47 Å². The summed E-state index contributed by atoms with van der Waals surface area (Å²) in [4.78, 5) is 13.1. The van der Waals surface area contributed by atoms with E-state index in [1.165, 1.54) is 18.4 Å². The molecule has 2 aromatic heterocycles. The zero-order chi connectivity index (χ0) is 17.8.